The highest BCUT2D eigenvalue weighted by atomic mass is 15.1. The van der Waals surface area contributed by atoms with E-state index < -0.39 is 0 Å². The molecule has 0 aliphatic carbocycles. The maximum absolute atomic E-state index is 5.84. The predicted octanol–water partition coefficient (Wildman–Crippen LogP) is 3.65. The van der Waals surface area contributed by atoms with Crippen molar-refractivity contribution in [2.45, 2.75) is 13.8 Å². The van der Waals surface area contributed by atoms with Crippen molar-refractivity contribution >= 4 is 17.1 Å². The number of benzene rings is 2. The van der Waals surface area contributed by atoms with Gasteiger partial charge in [-0.1, -0.05) is 23.8 Å². The summed E-state index contributed by atoms with van der Waals surface area (Å²) in [6.07, 6.45) is 0. The molecule has 2 rings (SSSR count). The van der Waals surface area contributed by atoms with Crippen LogP contribution in [0, 0.1) is 13.8 Å². The maximum atomic E-state index is 5.84. The van der Waals surface area contributed by atoms with Crippen LogP contribution in [0.3, 0.4) is 0 Å². The zero-order valence-corrected chi connectivity index (χ0v) is 10.6. The van der Waals surface area contributed by atoms with E-state index in [0.29, 0.717) is 0 Å². The van der Waals surface area contributed by atoms with Crippen LogP contribution >= 0.6 is 0 Å². The second kappa shape index (κ2) is 4.50. The summed E-state index contributed by atoms with van der Waals surface area (Å²) in [7, 11) is 2.06. The lowest BCUT2D eigenvalue weighted by molar-refractivity contribution is 1.18. The van der Waals surface area contributed by atoms with Gasteiger partial charge < -0.3 is 10.6 Å². The Hall–Kier alpha value is -1.96. The third-order valence-corrected chi connectivity index (χ3v) is 3.02. The van der Waals surface area contributed by atoms with Crippen LogP contribution < -0.4 is 10.6 Å². The summed E-state index contributed by atoms with van der Waals surface area (Å²) in [6, 6.07) is 14.5. The summed E-state index contributed by atoms with van der Waals surface area (Å²) < 4.78 is 0. The summed E-state index contributed by atoms with van der Waals surface area (Å²) in [5.74, 6) is 0. The molecule has 0 aliphatic heterocycles. The Morgan fingerprint density at radius 2 is 1.59 bits per heavy atom. The standard InChI is InChI=1S/C15H18N2/c1-11-4-8-14(9-5-11)17(3)15-10-13(16)7-6-12(15)2/h4-10H,16H2,1-3H3. The Kier molecular flexibility index (Phi) is 3.05. The fourth-order valence-corrected chi connectivity index (χ4v) is 1.90. The number of rotatable bonds is 2. The Morgan fingerprint density at radius 1 is 0.941 bits per heavy atom. The summed E-state index contributed by atoms with van der Waals surface area (Å²) in [5.41, 5.74) is 11.4. The molecule has 0 amide bonds. The van der Waals surface area contributed by atoms with E-state index in [9.17, 15) is 0 Å². The number of hydrogen-bond acceptors (Lipinski definition) is 2. The minimum absolute atomic E-state index is 0.796. The molecule has 88 valence electrons. The highest BCUT2D eigenvalue weighted by Gasteiger charge is 2.06. The Bertz CT molecular complexity index is 515. The van der Waals surface area contributed by atoms with Gasteiger partial charge in [-0.3, -0.25) is 0 Å². The van der Waals surface area contributed by atoms with Gasteiger partial charge in [-0.15, -0.1) is 0 Å². The lowest BCUT2D eigenvalue weighted by Gasteiger charge is -2.22. The number of hydrogen-bond donors (Lipinski definition) is 1. The first-order valence-corrected chi connectivity index (χ1v) is 5.74. The third kappa shape index (κ3) is 2.41. The molecule has 0 bridgehead atoms. The van der Waals surface area contributed by atoms with Crippen molar-refractivity contribution in [3.8, 4) is 0 Å². The summed E-state index contributed by atoms with van der Waals surface area (Å²) in [4.78, 5) is 2.16. The minimum atomic E-state index is 0.796. The first kappa shape index (κ1) is 11.5. The van der Waals surface area contributed by atoms with Crippen LogP contribution in [0.2, 0.25) is 0 Å². The molecule has 0 unspecified atom stereocenters. The summed E-state index contributed by atoms with van der Waals surface area (Å²) >= 11 is 0. The fraction of sp³-hybridized carbons (Fsp3) is 0.200. The van der Waals surface area contributed by atoms with Crippen LogP contribution in [-0.2, 0) is 0 Å². The van der Waals surface area contributed by atoms with Gasteiger partial charge in [0.2, 0.25) is 0 Å². The Balaban J connectivity index is 2.39. The first-order valence-electron chi connectivity index (χ1n) is 5.74. The van der Waals surface area contributed by atoms with Crippen LogP contribution in [0.4, 0.5) is 17.1 Å². The molecule has 2 aromatic carbocycles. The molecule has 2 N–H and O–H groups in total. The Morgan fingerprint density at radius 3 is 2.24 bits per heavy atom. The molecule has 0 saturated heterocycles. The van der Waals surface area contributed by atoms with Gasteiger partial charge in [0.05, 0.1) is 0 Å². The third-order valence-electron chi connectivity index (χ3n) is 3.02. The van der Waals surface area contributed by atoms with Crippen LogP contribution in [-0.4, -0.2) is 7.05 Å². The van der Waals surface area contributed by atoms with Crippen molar-refractivity contribution in [1.29, 1.82) is 0 Å². The molecule has 0 aliphatic rings. The summed E-state index contributed by atoms with van der Waals surface area (Å²) in [5, 5.41) is 0. The second-order valence-corrected chi connectivity index (χ2v) is 4.44. The highest BCUT2D eigenvalue weighted by Crippen LogP contribution is 2.28. The van der Waals surface area contributed by atoms with Gasteiger partial charge in [0.1, 0.15) is 0 Å². The zero-order chi connectivity index (χ0) is 12.4. The lowest BCUT2D eigenvalue weighted by atomic mass is 10.1. The summed E-state index contributed by atoms with van der Waals surface area (Å²) in [6.45, 7) is 4.19. The SMILES string of the molecule is Cc1ccc(N(C)c2cc(N)ccc2C)cc1. The van der Waals surface area contributed by atoms with E-state index in [1.54, 1.807) is 0 Å². The van der Waals surface area contributed by atoms with Crippen LogP contribution in [0.5, 0.6) is 0 Å². The lowest BCUT2D eigenvalue weighted by Crippen LogP contribution is -2.11. The van der Waals surface area contributed by atoms with Crippen molar-refractivity contribution < 1.29 is 0 Å². The van der Waals surface area contributed by atoms with Crippen LogP contribution in [0.1, 0.15) is 11.1 Å². The van der Waals surface area contributed by atoms with E-state index in [2.05, 4.69) is 56.1 Å². The predicted molar refractivity (Wildman–Crippen MR) is 74.8 cm³/mol. The molecule has 0 radical (unpaired) electrons. The molecular formula is C15H18N2. The molecular weight excluding hydrogens is 208 g/mol. The second-order valence-electron chi connectivity index (χ2n) is 4.44. The van der Waals surface area contributed by atoms with Crippen molar-refractivity contribution in [3.63, 3.8) is 0 Å². The molecule has 0 spiro atoms. The van der Waals surface area contributed by atoms with Gasteiger partial charge in [-0.2, -0.15) is 0 Å². The monoisotopic (exact) mass is 226 g/mol. The van der Waals surface area contributed by atoms with Gasteiger partial charge >= 0.3 is 0 Å². The number of nitrogens with zero attached hydrogens (tertiary/aromatic N) is 1. The fourth-order valence-electron chi connectivity index (χ4n) is 1.90. The minimum Gasteiger partial charge on any atom is -0.399 e. The molecule has 0 fully saturated rings. The zero-order valence-electron chi connectivity index (χ0n) is 10.6. The normalized spacial score (nSPS) is 10.3. The number of anilines is 3. The van der Waals surface area contributed by atoms with E-state index in [-0.39, 0.29) is 0 Å². The van der Waals surface area contributed by atoms with E-state index >= 15 is 0 Å². The van der Waals surface area contributed by atoms with Crippen LogP contribution in [0.15, 0.2) is 42.5 Å². The molecule has 0 heterocycles. The molecule has 2 nitrogen and oxygen atoms in total. The van der Waals surface area contributed by atoms with Gasteiger partial charge in [0.15, 0.2) is 0 Å². The van der Waals surface area contributed by atoms with Crippen molar-refractivity contribution in [1.82, 2.24) is 0 Å². The molecule has 2 heteroatoms. The van der Waals surface area contributed by atoms with Crippen molar-refractivity contribution in [3.05, 3.63) is 53.6 Å². The topological polar surface area (TPSA) is 29.3 Å². The van der Waals surface area contributed by atoms with Crippen LogP contribution in [0.25, 0.3) is 0 Å². The number of nitrogen functional groups attached to an aromatic ring is 1. The van der Waals surface area contributed by atoms with Gasteiger partial charge in [-0.25, -0.2) is 0 Å². The first-order chi connectivity index (χ1) is 8.08. The van der Waals surface area contributed by atoms with E-state index in [1.807, 2.05) is 12.1 Å². The van der Waals surface area contributed by atoms with E-state index in [1.165, 1.54) is 16.8 Å². The van der Waals surface area contributed by atoms with Gasteiger partial charge in [-0.05, 0) is 43.7 Å². The van der Waals surface area contributed by atoms with Gasteiger partial charge in [0, 0.05) is 24.1 Å². The molecule has 17 heavy (non-hydrogen) atoms. The highest BCUT2D eigenvalue weighted by molar-refractivity contribution is 5.69. The maximum Gasteiger partial charge on any atom is 0.0458 e. The molecule has 0 saturated carbocycles. The average Bonchev–Trinajstić information content (AvgIpc) is 2.32. The molecule has 0 atom stereocenters. The average molecular weight is 226 g/mol. The van der Waals surface area contributed by atoms with E-state index in [0.717, 1.165) is 11.4 Å². The number of aryl methyl sites for hydroxylation is 2. The molecule has 2 aromatic rings. The largest absolute Gasteiger partial charge is 0.399 e. The smallest absolute Gasteiger partial charge is 0.0458 e. The molecule has 0 aromatic heterocycles. The van der Waals surface area contributed by atoms with E-state index in [4.69, 9.17) is 5.73 Å². The van der Waals surface area contributed by atoms with Crippen molar-refractivity contribution in [2.24, 2.45) is 0 Å². The Labute approximate surface area is 103 Å². The van der Waals surface area contributed by atoms with Crippen molar-refractivity contribution in [2.75, 3.05) is 17.7 Å². The number of nitrogens with two attached hydrogens (primary N) is 1. The van der Waals surface area contributed by atoms with Gasteiger partial charge in [0.25, 0.3) is 0 Å². The quantitative estimate of drug-likeness (QED) is 0.792.